The summed E-state index contributed by atoms with van der Waals surface area (Å²) in [6.45, 7) is 0.182. The van der Waals surface area contributed by atoms with Gasteiger partial charge in [-0.15, -0.1) is 0 Å². The number of rotatable bonds is 5. The highest BCUT2D eigenvalue weighted by Gasteiger charge is 2.26. The molecule has 0 amide bonds. The standard InChI is InChI=1S/C28H21F2NO4/c1-33-27(32)16-35-28-21-5-3-2-4-19(21)15-34-26-11-7-17(12-22(26)28)6-9-20-10-8-18-13-23(29)24(30)14-25(18)31-20/h2-14,28H,15-16H2,1H3. The molecule has 2 heterocycles. The summed E-state index contributed by atoms with van der Waals surface area (Å²) < 4.78 is 43.9. The molecule has 4 aromatic rings. The van der Waals surface area contributed by atoms with Crippen LogP contribution in [0.4, 0.5) is 8.78 Å². The monoisotopic (exact) mass is 473 g/mol. The lowest BCUT2D eigenvalue weighted by Gasteiger charge is -2.19. The van der Waals surface area contributed by atoms with Crippen molar-refractivity contribution in [2.75, 3.05) is 13.7 Å². The molecule has 0 aliphatic carbocycles. The maximum absolute atomic E-state index is 13.6. The minimum absolute atomic E-state index is 0.201. The van der Waals surface area contributed by atoms with Crippen LogP contribution in [0, 0.1) is 11.6 Å². The highest BCUT2D eigenvalue weighted by Crippen LogP contribution is 2.39. The summed E-state index contributed by atoms with van der Waals surface area (Å²) >= 11 is 0. The molecule has 35 heavy (non-hydrogen) atoms. The molecule has 1 aliphatic rings. The lowest BCUT2D eigenvalue weighted by Crippen LogP contribution is -2.15. The number of nitrogens with zero attached hydrogens (tertiary/aromatic N) is 1. The van der Waals surface area contributed by atoms with E-state index >= 15 is 0 Å². The van der Waals surface area contributed by atoms with E-state index in [1.165, 1.54) is 7.11 Å². The van der Waals surface area contributed by atoms with Gasteiger partial charge in [-0.3, -0.25) is 0 Å². The second-order valence-electron chi connectivity index (χ2n) is 8.08. The molecule has 1 unspecified atom stereocenters. The van der Waals surface area contributed by atoms with Gasteiger partial charge in [-0.1, -0.05) is 42.5 Å². The first-order chi connectivity index (χ1) is 17.0. The number of methoxy groups -OCH3 is 1. The van der Waals surface area contributed by atoms with E-state index in [9.17, 15) is 13.6 Å². The predicted molar refractivity (Wildman–Crippen MR) is 128 cm³/mol. The first-order valence-corrected chi connectivity index (χ1v) is 11.0. The zero-order valence-corrected chi connectivity index (χ0v) is 18.8. The summed E-state index contributed by atoms with van der Waals surface area (Å²) in [7, 11) is 1.32. The zero-order valence-electron chi connectivity index (χ0n) is 18.8. The molecule has 176 valence electrons. The van der Waals surface area contributed by atoms with Crippen LogP contribution in [-0.4, -0.2) is 24.7 Å². The third-order valence-corrected chi connectivity index (χ3v) is 5.83. The van der Waals surface area contributed by atoms with E-state index in [1.54, 1.807) is 18.2 Å². The predicted octanol–water partition coefficient (Wildman–Crippen LogP) is 5.85. The molecule has 1 aliphatic heterocycles. The molecular formula is C28H21F2NO4. The van der Waals surface area contributed by atoms with Gasteiger partial charge in [0.15, 0.2) is 11.6 Å². The lowest BCUT2D eigenvalue weighted by molar-refractivity contribution is -0.147. The average Bonchev–Trinajstić information content (AvgIpc) is 3.03. The molecule has 5 nitrogen and oxygen atoms in total. The van der Waals surface area contributed by atoms with E-state index in [4.69, 9.17) is 14.2 Å². The van der Waals surface area contributed by atoms with E-state index in [-0.39, 0.29) is 6.61 Å². The zero-order chi connectivity index (χ0) is 24.4. The smallest absolute Gasteiger partial charge is 0.331 e. The molecule has 0 spiro atoms. The average molecular weight is 473 g/mol. The minimum atomic E-state index is -0.935. The van der Waals surface area contributed by atoms with Gasteiger partial charge in [0, 0.05) is 17.0 Å². The quantitative estimate of drug-likeness (QED) is 0.340. The summed E-state index contributed by atoms with van der Waals surface area (Å²) in [5.41, 5.74) is 4.49. The number of ether oxygens (including phenoxy) is 3. The van der Waals surface area contributed by atoms with E-state index in [1.807, 2.05) is 48.5 Å². The molecule has 0 N–H and O–H groups in total. The van der Waals surface area contributed by atoms with Crippen molar-refractivity contribution in [1.82, 2.24) is 4.98 Å². The van der Waals surface area contributed by atoms with Gasteiger partial charge in [0.1, 0.15) is 25.1 Å². The number of fused-ring (bicyclic) bond motifs is 3. The molecular weight excluding hydrogens is 452 g/mol. The van der Waals surface area contributed by atoms with Gasteiger partial charge in [-0.25, -0.2) is 18.6 Å². The van der Waals surface area contributed by atoms with Crippen LogP contribution in [0.3, 0.4) is 0 Å². The number of hydrogen-bond donors (Lipinski definition) is 0. The number of hydrogen-bond acceptors (Lipinski definition) is 5. The minimum Gasteiger partial charge on any atom is -0.488 e. The molecule has 0 radical (unpaired) electrons. The fourth-order valence-electron chi connectivity index (χ4n) is 4.05. The van der Waals surface area contributed by atoms with Crippen molar-refractivity contribution in [2.24, 2.45) is 0 Å². The second-order valence-corrected chi connectivity index (χ2v) is 8.08. The Morgan fingerprint density at radius 3 is 2.71 bits per heavy atom. The van der Waals surface area contributed by atoms with Crippen molar-refractivity contribution in [3.8, 4) is 5.75 Å². The van der Waals surface area contributed by atoms with Crippen molar-refractivity contribution in [3.63, 3.8) is 0 Å². The largest absolute Gasteiger partial charge is 0.488 e. The molecule has 0 bridgehead atoms. The molecule has 0 saturated carbocycles. The Kier molecular flexibility index (Phi) is 6.25. The van der Waals surface area contributed by atoms with Crippen LogP contribution in [0.15, 0.2) is 66.7 Å². The Bertz CT molecular complexity index is 1450. The van der Waals surface area contributed by atoms with Crippen LogP contribution in [0.25, 0.3) is 23.1 Å². The molecule has 0 fully saturated rings. The van der Waals surface area contributed by atoms with Crippen LogP contribution in [0.1, 0.15) is 34.1 Å². The second kappa shape index (κ2) is 9.64. The number of halogens is 2. The van der Waals surface area contributed by atoms with Gasteiger partial charge in [-0.2, -0.15) is 0 Å². The number of esters is 1. The number of carbonyl (C=O) groups excluding carboxylic acids is 1. The van der Waals surface area contributed by atoms with Crippen LogP contribution in [0.5, 0.6) is 5.75 Å². The highest BCUT2D eigenvalue weighted by atomic mass is 19.2. The van der Waals surface area contributed by atoms with Gasteiger partial charge >= 0.3 is 5.97 Å². The lowest BCUT2D eigenvalue weighted by atomic mass is 9.96. The van der Waals surface area contributed by atoms with Gasteiger partial charge in [0.2, 0.25) is 0 Å². The molecule has 1 atom stereocenters. The Labute approximate surface area is 200 Å². The Hall–Kier alpha value is -4.10. The Morgan fingerprint density at radius 1 is 1.03 bits per heavy atom. The van der Waals surface area contributed by atoms with Gasteiger partial charge in [0.05, 0.1) is 18.3 Å². The maximum atomic E-state index is 13.6. The Balaban J connectivity index is 1.48. The maximum Gasteiger partial charge on any atom is 0.331 e. The molecule has 1 aromatic heterocycles. The Morgan fingerprint density at radius 2 is 1.86 bits per heavy atom. The number of aromatic nitrogens is 1. The fourth-order valence-corrected chi connectivity index (χ4v) is 4.05. The SMILES string of the molecule is COC(=O)COC1c2ccccc2COc2ccc(C=Cc3ccc4cc(F)c(F)cc4n3)cc21. The third kappa shape index (κ3) is 4.76. The third-order valence-electron chi connectivity index (χ3n) is 5.83. The summed E-state index contributed by atoms with van der Waals surface area (Å²) in [6, 6.07) is 19.1. The molecule has 0 saturated heterocycles. The van der Waals surface area contributed by atoms with Gasteiger partial charge in [-0.05, 0) is 47.0 Å². The summed E-state index contributed by atoms with van der Waals surface area (Å²) in [5.74, 6) is -1.64. The van der Waals surface area contributed by atoms with Crippen molar-refractivity contribution < 1.29 is 27.8 Å². The van der Waals surface area contributed by atoms with E-state index in [0.29, 0.717) is 29.0 Å². The molecule has 3 aromatic carbocycles. The van der Waals surface area contributed by atoms with Gasteiger partial charge in [0.25, 0.3) is 0 Å². The summed E-state index contributed by atoms with van der Waals surface area (Å²) in [6.07, 6.45) is 3.13. The summed E-state index contributed by atoms with van der Waals surface area (Å²) in [5, 5.41) is 0.521. The van der Waals surface area contributed by atoms with Crippen LogP contribution in [0.2, 0.25) is 0 Å². The van der Waals surface area contributed by atoms with E-state index < -0.39 is 23.7 Å². The first-order valence-electron chi connectivity index (χ1n) is 11.0. The summed E-state index contributed by atoms with van der Waals surface area (Å²) in [4.78, 5) is 16.2. The van der Waals surface area contributed by atoms with E-state index in [0.717, 1.165) is 34.4 Å². The number of carbonyl (C=O) groups is 1. The number of pyridine rings is 1. The van der Waals surface area contributed by atoms with Crippen LogP contribution in [-0.2, 0) is 20.9 Å². The van der Waals surface area contributed by atoms with Gasteiger partial charge < -0.3 is 14.2 Å². The van der Waals surface area contributed by atoms with Crippen molar-refractivity contribution in [2.45, 2.75) is 12.7 Å². The van der Waals surface area contributed by atoms with Crippen molar-refractivity contribution >= 4 is 29.0 Å². The van der Waals surface area contributed by atoms with Crippen LogP contribution >= 0.6 is 0 Å². The van der Waals surface area contributed by atoms with Crippen molar-refractivity contribution in [3.05, 3.63) is 106 Å². The fraction of sp³-hybridized carbons (Fsp3) is 0.143. The first kappa shape index (κ1) is 22.7. The molecule has 5 rings (SSSR count). The molecule has 7 heteroatoms. The normalized spacial score (nSPS) is 14.8. The van der Waals surface area contributed by atoms with Crippen molar-refractivity contribution in [1.29, 1.82) is 0 Å². The number of benzene rings is 3. The highest BCUT2D eigenvalue weighted by molar-refractivity contribution is 5.81. The topological polar surface area (TPSA) is 57.7 Å². The van der Waals surface area contributed by atoms with Crippen LogP contribution < -0.4 is 4.74 Å². The van der Waals surface area contributed by atoms with E-state index in [2.05, 4.69) is 4.98 Å².